The Labute approximate surface area is 109 Å². The van der Waals surface area contributed by atoms with Crippen LogP contribution in [0.5, 0.6) is 0 Å². The van der Waals surface area contributed by atoms with Crippen molar-refractivity contribution < 1.29 is 20.4 Å². The third kappa shape index (κ3) is 4.46. The van der Waals surface area contributed by atoms with Gasteiger partial charge in [-0.05, 0) is 40.5 Å². The highest BCUT2D eigenvalue weighted by atomic mass is 16.4. The first kappa shape index (κ1) is 17.8. The van der Waals surface area contributed by atoms with E-state index in [2.05, 4.69) is 0 Å². The smallest absolute Gasteiger partial charge is 0.128 e. The molecular weight excluding hydrogens is 236 g/mol. The highest BCUT2D eigenvalue weighted by Gasteiger charge is 2.43. The molecule has 0 aromatic rings. The molecule has 110 valence electrons. The van der Waals surface area contributed by atoms with E-state index < -0.39 is 23.9 Å². The van der Waals surface area contributed by atoms with Gasteiger partial charge in [0.1, 0.15) is 23.9 Å². The Balaban J connectivity index is 5.50. The number of rotatable bonds is 7. The molecule has 0 heterocycles. The van der Waals surface area contributed by atoms with E-state index in [1.165, 1.54) is 37.7 Å². The minimum Gasteiger partial charge on any atom is -0.377 e. The maximum absolute atomic E-state index is 10.2. The lowest BCUT2D eigenvalue weighted by Gasteiger charge is -2.51. The van der Waals surface area contributed by atoms with Crippen LogP contribution in [-0.2, 0) is 0 Å². The van der Waals surface area contributed by atoms with E-state index in [4.69, 9.17) is 0 Å². The standard InChI is InChI=1S/C12H28N2O4/c1-7-9(15)13(10(16)8-2)14(11(3,4)17)12(5,6)18/h9-10,15-18H,7-8H2,1-6H3. The first-order valence-corrected chi connectivity index (χ1v) is 6.36. The van der Waals surface area contributed by atoms with Crippen LogP contribution in [0, 0.1) is 0 Å². The summed E-state index contributed by atoms with van der Waals surface area (Å²) in [7, 11) is 0. The van der Waals surface area contributed by atoms with E-state index in [1.807, 2.05) is 0 Å². The van der Waals surface area contributed by atoms with Gasteiger partial charge in [-0.3, -0.25) is 0 Å². The molecule has 4 N–H and O–H groups in total. The molecular formula is C12H28N2O4. The van der Waals surface area contributed by atoms with Gasteiger partial charge in [0.2, 0.25) is 0 Å². The van der Waals surface area contributed by atoms with Crippen molar-refractivity contribution in [3.05, 3.63) is 0 Å². The molecule has 0 aromatic carbocycles. The summed E-state index contributed by atoms with van der Waals surface area (Å²) in [5, 5.41) is 42.8. The number of hydrogen-bond donors (Lipinski definition) is 4. The Bertz CT molecular complexity index is 223. The van der Waals surface area contributed by atoms with Gasteiger partial charge in [-0.1, -0.05) is 13.8 Å². The predicted octanol–water partition coefficient (Wildman–Crippen LogP) is 0.419. The van der Waals surface area contributed by atoms with Gasteiger partial charge in [0.25, 0.3) is 0 Å². The predicted molar refractivity (Wildman–Crippen MR) is 68.9 cm³/mol. The van der Waals surface area contributed by atoms with E-state index in [9.17, 15) is 20.4 Å². The fourth-order valence-corrected chi connectivity index (χ4v) is 2.07. The van der Waals surface area contributed by atoms with Crippen LogP contribution in [-0.4, -0.2) is 54.3 Å². The Kier molecular flexibility index (Phi) is 6.19. The maximum Gasteiger partial charge on any atom is 0.128 e. The first-order valence-electron chi connectivity index (χ1n) is 6.36. The second kappa shape index (κ2) is 6.27. The third-order valence-corrected chi connectivity index (χ3v) is 2.61. The largest absolute Gasteiger partial charge is 0.377 e. The van der Waals surface area contributed by atoms with Gasteiger partial charge in [-0.15, -0.1) is 0 Å². The summed E-state index contributed by atoms with van der Waals surface area (Å²) in [4.78, 5) is 0. The summed E-state index contributed by atoms with van der Waals surface area (Å²) >= 11 is 0. The lowest BCUT2D eigenvalue weighted by atomic mass is 10.2. The van der Waals surface area contributed by atoms with Crippen LogP contribution in [0.25, 0.3) is 0 Å². The molecule has 0 fully saturated rings. The van der Waals surface area contributed by atoms with E-state index in [1.54, 1.807) is 13.8 Å². The second-order valence-corrected chi connectivity index (χ2v) is 5.46. The quantitative estimate of drug-likeness (QED) is 0.394. The van der Waals surface area contributed by atoms with Crippen LogP contribution in [0.1, 0.15) is 54.4 Å². The van der Waals surface area contributed by atoms with Crippen molar-refractivity contribution in [1.29, 1.82) is 0 Å². The average Bonchev–Trinajstić information content (AvgIpc) is 2.19. The summed E-state index contributed by atoms with van der Waals surface area (Å²) in [6, 6.07) is 0. The molecule has 0 aliphatic carbocycles. The molecule has 18 heavy (non-hydrogen) atoms. The van der Waals surface area contributed by atoms with Gasteiger partial charge < -0.3 is 20.4 Å². The zero-order chi connectivity index (χ0) is 14.7. The van der Waals surface area contributed by atoms with Crippen molar-refractivity contribution in [1.82, 2.24) is 10.0 Å². The maximum atomic E-state index is 10.2. The zero-order valence-electron chi connectivity index (χ0n) is 12.3. The number of aliphatic hydroxyl groups is 4. The van der Waals surface area contributed by atoms with Crippen molar-refractivity contribution in [3.63, 3.8) is 0 Å². The van der Waals surface area contributed by atoms with Crippen molar-refractivity contribution in [2.24, 2.45) is 0 Å². The molecule has 6 heteroatoms. The van der Waals surface area contributed by atoms with Crippen LogP contribution in [0.4, 0.5) is 0 Å². The molecule has 6 nitrogen and oxygen atoms in total. The summed E-state index contributed by atoms with van der Waals surface area (Å²) in [5.74, 6) is 0. The van der Waals surface area contributed by atoms with Gasteiger partial charge in [0, 0.05) is 0 Å². The van der Waals surface area contributed by atoms with E-state index in [-0.39, 0.29) is 0 Å². The monoisotopic (exact) mass is 264 g/mol. The Hall–Kier alpha value is -0.240. The molecule has 0 aliphatic rings. The van der Waals surface area contributed by atoms with E-state index >= 15 is 0 Å². The van der Waals surface area contributed by atoms with E-state index in [0.717, 1.165) is 0 Å². The zero-order valence-corrected chi connectivity index (χ0v) is 12.3. The molecule has 0 radical (unpaired) electrons. The van der Waals surface area contributed by atoms with Crippen LogP contribution in [0.15, 0.2) is 0 Å². The van der Waals surface area contributed by atoms with Gasteiger partial charge in [-0.25, -0.2) is 0 Å². The number of hydrazine groups is 1. The Morgan fingerprint density at radius 3 is 1.28 bits per heavy atom. The SMILES string of the molecule is CCC(O)N(C(O)CC)N(C(C)(C)O)C(C)(C)O. The summed E-state index contributed by atoms with van der Waals surface area (Å²) in [6.07, 6.45) is -1.25. The number of aliphatic hydroxyl groups excluding tert-OH is 2. The number of hydrogen-bond acceptors (Lipinski definition) is 6. The molecule has 0 aliphatic heterocycles. The molecule has 0 aromatic heterocycles. The lowest BCUT2D eigenvalue weighted by Crippen LogP contribution is -2.68. The summed E-state index contributed by atoms with van der Waals surface area (Å²) in [6.45, 7) is 9.47. The molecule has 2 atom stereocenters. The second-order valence-electron chi connectivity index (χ2n) is 5.46. The molecule has 0 bridgehead atoms. The van der Waals surface area contributed by atoms with Gasteiger partial charge in [-0.2, -0.15) is 10.0 Å². The van der Waals surface area contributed by atoms with Crippen LogP contribution >= 0.6 is 0 Å². The van der Waals surface area contributed by atoms with Crippen molar-refractivity contribution >= 4 is 0 Å². The fourth-order valence-electron chi connectivity index (χ4n) is 2.07. The number of nitrogens with zero attached hydrogens (tertiary/aromatic N) is 2. The van der Waals surface area contributed by atoms with Crippen LogP contribution in [0.3, 0.4) is 0 Å². The molecule has 2 unspecified atom stereocenters. The fraction of sp³-hybridized carbons (Fsp3) is 1.00. The summed E-state index contributed by atoms with van der Waals surface area (Å²) < 4.78 is 0. The van der Waals surface area contributed by atoms with E-state index in [0.29, 0.717) is 12.8 Å². The minimum absolute atomic E-state index is 0.361. The highest BCUT2D eigenvalue weighted by molar-refractivity contribution is 4.79. The van der Waals surface area contributed by atoms with Crippen LogP contribution < -0.4 is 0 Å². The highest BCUT2D eigenvalue weighted by Crippen LogP contribution is 2.27. The average molecular weight is 264 g/mol. The van der Waals surface area contributed by atoms with Gasteiger partial charge in [0.05, 0.1) is 0 Å². The molecule has 0 saturated heterocycles. The Morgan fingerprint density at radius 1 is 0.833 bits per heavy atom. The lowest BCUT2D eigenvalue weighted by molar-refractivity contribution is -0.356. The van der Waals surface area contributed by atoms with Crippen molar-refractivity contribution in [2.45, 2.75) is 78.3 Å². The minimum atomic E-state index is -1.43. The topological polar surface area (TPSA) is 87.4 Å². The molecule has 0 spiro atoms. The third-order valence-electron chi connectivity index (χ3n) is 2.61. The molecule has 0 rings (SSSR count). The normalized spacial score (nSPS) is 17.3. The van der Waals surface area contributed by atoms with Crippen molar-refractivity contribution in [3.8, 4) is 0 Å². The van der Waals surface area contributed by atoms with Crippen molar-refractivity contribution in [2.75, 3.05) is 0 Å². The summed E-state index contributed by atoms with van der Waals surface area (Å²) in [5.41, 5.74) is -2.85. The Morgan fingerprint density at radius 2 is 1.11 bits per heavy atom. The van der Waals surface area contributed by atoms with Gasteiger partial charge >= 0.3 is 0 Å². The molecule has 0 amide bonds. The molecule has 0 saturated carbocycles. The van der Waals surface area contributed by atoms with Crippen LogP contribution in [0.2, 0.25) is 0 Å². The first-order chi connectivity index (χ1) is 7.96. The van der Waals surface area contributed by atoms with Gasteiger partial charge in [0.15, 0.2) is 0 Å².